The number of hydrogen-bond donors (Lipinski definition) is 1. The molecule has 0 aromatic carbocycles. The molecule has 0 unspecified atom stereocenters. The fourth-order valence-electron chi connectivity index (χ4n) is 2.44. The molecule has 5 nitrogen and oxygen atoms in total. The molecule has 0 saturated heterocycles. The van der Waals surface area contributed by atoms with Crippen LogP contribution >= 0.6 is 24.0 Å². The molecular formula is C17H31IN4O. The average Bonchev–Trinajstić information content (AvgIpc) is 2.98. The molecule has 0 aliphatic heterocycles. The molecule has 1 aromatic rings. The highest BCUT2D eigenvalue weighted by Gasteiger charge is 2.13. The third-order valence-corrected chi connectivity index (χ3v) is 3.88. The van der Waals surface area contributed by atoms with Crippen molar-refractivity contribution >= 4 is 29.9 Å². The van der Waals surface area contributed by atoms with E-state index in [0.717, 1.165) is 49.6 Å². The number of aliphatic imine (C=N–C) groups is 1. The molecule has 0 saturated carbocycles. The summed E-state index contributed by atoms with van der Waals surface area (Å²) in [5, 5.41) is 7.50. The Bertz CT molecular complexity index is 469. The quantitative estimate of drug-likeness (QED) is 0.208. The first-order chi connectivity index (χ1) is 10.7. The number of nitrogens with one attached hydrogen (secondary N) is 1. The lowest BCUT2D eigenvalue weighted by Gasteiger charge is -2.21. The van der Waals surface area contributed by atoms with E-state index in [9.17, 15) is 0 Å². The number of allylic oxidation sites excluding steroid dienone is 1. The predicted octanol–water partition coefficient (Wildman–Crippen LogP) is 4.17. The topological polar surface area (TPSA) is 53.7 Å². The van der Waals surface area contributed by atoms with Gasteiger partial charge in [-0.15, -0.1) is 30.6 Å². The fourth-order valence-corrected chi connectivity index (χ4v) is 2.44. The maximum absolute atomic E-state index is 5.42. The number of halogens is 1. The summed E-state index contributed by atoms with van der Waals surface area (Å²) in [6, 6.07) is 2.05. The lowest BCUT2D eigenvalue weighted by atomic mass is 9.99. The van der Waals surface area contributed by atoms with Gasteiger partial charge in [0.05, 0.1) is 12.2 Å². The molecule has 1 heterocycles. The summed E-state index contributed by atoms with van der Waals surface area (Å²) in [5.41, 5.74) is 1.05. The van der Waals surface area contributed by atoms with Crippen LogP contribution in [0, 0.1) is 0 Å². The standard InChI is InChI=1S/C17H30N4O.HI/c1-6-9-10-11-21(5)17(18-4)19-13-15-12-16(20-22-15)14(7-2)8-3;/h6,12,14H,1,7-11,13H2,2-5H3,(H,18,19);1H. The van der Waals surface area contributed by atoms with Crippen molar-refractivity contribution in [3.63, 3.8) is 0 Å². The van der Waals surface area contributed by atoms with Crippen molar-refractivity contribution in [2.24, 2.45) is 4.99 Å². The molecule has 132 valence electrons. The van der Waals surface area contributed by atoms with Gasteiger partial charge in [-0.3, -0.25) is 4.99 Å². The summed E-state index contributed by atoms with van der Waals surface area (Å²) < 4.78 is 5.42. The summed E-state index contributed by atoms with van der Waals surface area (Å²) in [6.07, 6.45) is 6.20. The number of nitrogens with zero attached hydrogens (tertiary/aromatic N) is 3. The average molecular weight is 434 g/mol. The second kappa shape index (κ2) is 12.4. The lowest BCUT2D eigenvalue weighted by Crippen LogP contribution is -2.38. The van der Waals surface area contributed by atoms with Crippen molar-refractivity contribution in [1.82, 2.24) is 15.4 Å². The maximum atomic E-state index is 5.42. The molecule has 0 radical (unpaired) electrons. The molecule has 1 N–H and O–H groups in total. The second-order valence-electron chi connectivity index (χ2n) is 5.48. The largest absolute Gasteiger partial charge is 0.359 e. The minimum absolute atomic E-state index is 0. The minimum atomic E-state index is 0. The van der Waals surface area contributed by atoms with Crippen LogP contribution in [0.4, 0.5) is 0 Å². The van der Waals surface area contributed by atoms with Crippen LogP contribution in [0.5, 0.6) is 0 Å². The highest BCUT2D eigenvalue weighted by atomic mass is 127. The van der Waals surface area contributed by atoms with Crippen LogP contribution < -0.4 is 5.32 Å². The van der Waals surface area contributed by atoms with Crippen molar-refractivity contribution < 1.29 is 4.52 Å². The van der Waals surface area contributed by atoms with Crippen molar-refractivity contribution in [2.45, 2.75) is 52.0 Å². The van der Waals surface area contributed by atoms with Gasteiger partial charge in [-0.2, -0.15) is 0 Å². The first-order valence-electron chi connectivity index (χ1n) is 8.14. The van der Waals surface area contributed by atoms with E-state index in [1.165, 1.54) is 0 Å². The Kier molecular flexibility index (Phi) is 11.8. The third-order valence-electron chi connectivity index (χ3n) is 3.88. The molecule has 23 heavy (non-hydrogen) atoms. The number of aromatic nitrogens is 1. The summed E-state index contributed by atoms with van der Waals surface area (Å²) >= 11 is 0. The Balaban J connectivity index is 0.00000484. The normalized spacial score (nSPS) is 11.3. The Morgan fingerprint density at radius 1 is 1.48 bits per heavy atom. The van der Waals surface area contributed by atoms with E-state index in [-0.39, 0.29) is 24.0 Å². The SMILES string of the molecule is C=CCCCN(C)C(=NC)NCc1cc(C(CC)CC)no1.I. The first-order valence-corrected chi connectivity index (χ1v) is 8.14. The van der Waals surface area contributed by atoms with Crippen LogP contribution in [-0.2, 0) is 6.54 Å². The van der Waals surface area contributed by atoms with Crippen LogP contribution in [-0.4, -0.2) is 36.7 Å². The monoisotopic (exact) mass is 434 g/mol. The highest BCUT2D eigenvalue weighted by Crippen LogP contribution is 2.22. The van der Waals surface area contributed by atoms with Gasteiger partial charge < -0.3 is 14.7 Å². The fraction of sp³-hybridized carbons (Fsp3) is 0.647. The molecule has 0 spiro atoms. The van der Waals surface area contributed by atoms with Gasteiger partial charge in [0.1, 0.15) is 0 Å². The van der Waals surface area contributed by atoms with Crippen molar-refractivity contribution in [1.29, 1.82) is 0 Å². The Labute approximate surface area is 157 Å². The first kappa shape index (κ1) is 21.9. The van der Waals surface area contributed by atoms with E-state index in [1.54, 1.807) is 7.05 Å². The van der Waals surface area contributed by atoms with E-state index >= 15 is 0 Å². The molecule has 0 fully saturated rings. The predicted molar refractivity (Wildman–Crippen MR) is 108 cm³/mol. The Morgan fingerprint density at radius 3 is 2.74 bits per heavy atom. The summed E-state index contributed by atoms with van der Waals surface area (Å²) in [7, 11) is 3.83. The maximum Gasteiger partial charge on any atom is 0.193 e. The summed E-state index contributed by atoms with van der Waals surface area (Å²) in [4.78, 5) is 6.41. The van der Waals surface area contributed by atoms with Gasteiger partial charge in [-0.25, -0.2) is 0 Å². The number of unbranched alkanes of at least 4 members (excludes halogenated alkanes) is 1. The molecule has 0 bridgehead atoms. The summed E-state index contributed by atoms with van der Waals surface area (Å²) in [5.74, 6) is 2.20. The Morgan fingerprint density at radius 2 is 2.17 bits per heavy atom. The van der Waals surface area contributed by atoms with Crippen molar-refractivity contribution in [2.75, 3.05) is 20.6 Å². The number of guanidine groups is 1. The zero-order valence-corrected chi connectivity index (χ0v) is 17.2. The molecular weight excluding hydrogens is 403 g/mol. The smallest absolute Gasteiger partial charge is 0.193 e. The highest BCUT2D eigenvalue weighted by molar-refractivity contribution is 14.0. The van der Waals surface area contributed by atoms with E-state index < -0.39 is 0 Å². The number of rotatable bonds is 9. The molecule has 0 amide bonds. The van der Waals surface area contributed by atoms with Gasteiger partial charge in [0.15, 0.2) is 11.7 Å². The van der Waals surface area contributed by atoms with Gasteiger partial charge >= 0.3 is 0 Å². The Hall–Kier alpha value is -1.05. The lowest BCUT2D eigenvalue weighted by molar-refractivity contribution is 0.365. The van der Waals surface area contributed by atoms with Gasteiger partial charge in [-0.1, -0.05) is 25.1 Å². The van der Waals surface area contributed by atoms with Gasteiger partial charge in [0, 0.05) is 32.6 Å². The van der Waals surface area contributed by atoms with E-state index in [1.807, 2.05) is 13.1 Å². The molecule has 0 aliphatic rings. The van der Waals surface area contributed by atoms with Crippen LogP contribution in [0.25, 0.3) is 0 Å². The summed E-state index contributed by atoms with van der Waals surface area (Å²) in [6.45, 7) is 9.66. The number of hydrogen-bond acceptors (Lipinski definition) is 3. The van der Waals surface area contributed by atoms with E-state index in [4.69, 9.17) is 4.52 Å². The zero-order valence-electron chi connectivity index (χ0n) is 14.8. The van der Waals surface area contributed by atoms with Gasteiger partial charge in [0.25, 0.3) is 0 Å². The third kappa shape index (κ3) is 7.37. The van der Waals surface area contributed by atoms with Crippen molar-refractivity contribution in [3.8, 4) is 0 Å². The van der Waals surface area contributed by atoms with Gasteiger partial charge in [-0.05, 0) is 25.7 Å². The molecule has 0 aliphatic carbocycles. The molecule has 6 heteroatoms. The van der Waals surface area contributed by atoms with E-state index in [2.05, 4.69) is 46.9 Å². The van der Waals surface area contributed by atoms with Crippen LogP contribution in [0.15, 0.2) is 28.2 Å². The molecule has 1 rings (SSSR count). The van der Waals surface area contributed by atoms with E-state index in [0.29, 0.717) is 12.5 Å². The van der Waals surface area contributed by atoms with Crippen LogP contribution in [0.2, 0.25) is 0 Å². The zero-order chi connectivity index (χ0) is 16.4. The van der Waals surface area contributed by atoms with Crippen molar-refractivity contribution in [3.05, 3.63) is 30.2 Å². The molecule has 0 atom stereocenters. The molecule has 1 aromatic heterocycles. The van der Waals surface area contributed by atoms with Gasteiger partial charge in [0.2, 0.25) is 0 Å². The van der Waals surface area contributed by atoms with Crippen LogP contribution in [0.3, 0.4) is 0 Å². The van der Waals surface area contributed by atoms with Crippen LogP contribution in [0.1, 0.15) is 56.9 Å². The minimum Gasteiger partial charge on any atom is -0.359 e. The second-order valence-corrected chi connectivity index (χ2v) is 5.48.